The third-order valence-corrected chi connectivity index (χ3v) is 5.28. The summed E-state index contributed by atoms with van der Waals surface area (Å²) in [7, 11) is 0. The van der Waals surface area contributed by atoms with Crippen LogP contribution in [0.2, 0.25) is 0 Å². The molecule has 2 aromatic carbocycles. The topological polar surface area (TPSA) is 87.6 Å². The Morgan fingerprint density at radius 1 is 1.18 bits per heavy atom. The highest BCUT2D eigenvalue weighted by molar-refractivity contribution is 5.99. The van der Waals surface area contributed by atoms with Gasteiger partial charge in [0, 0.05) is 35.5 Å². The number of nitrogens with zero attached hydrogens (tertiary/aromatic N) is 2. The number of benzene rings is 2. The van der Waals surface area contributed by atoms with E-state index in [0.717, 1.165) is 24.4 Å². The molecule has 0 spiro atoms. The fraction of sp³-hybridized carbons (Fsp3) is 0.292. The summed E-state index contributed by atoms with van der Waals surface area (Å²) in [5.41, 5.74) is 3.57. The van der Waals surface area contributed by atoms with E-state index in [4.69, 9.17) is 4.74 Å². The first kappa shape index (κ1) is 23.3. The van der Waals surface area contributed by atoms with Gasteiger partial charge in [0.05, 0.1) is 23.4 Å². The number of rotatable bonds is 8. The van der Waals surface area contributed by atoms with E-state index >= 15 is 0 Å². The van der Waals surface area contributed by atoms with Crippen molar-refractivity contribution >= 4 is 22.6 Å². The molecule has 178 valence electrons. The van der Waals surface area contributed by atoms with Gasteiger partial charge in [-0.25, -0.2) is 4.98 Å². The molecule has 0 aliphatic carbocycles. The minimum absolute atomic E-state index is 0.259. The molecule has 34 heavy (non-hydrogen) atoms. The van der Waals surface area contributed by atoms with Crippen LogP contribution in [0.15, 0.2) is 53.6 Å². The zero-order valence-corrected chi connectivity index (χ0v) is 18.5. The van der Waals surface area contributed by atoms with Crippen molar-refractivity contribution in [1.29, 1.82) is 0 Å². The second kappa shape index (κ2) is 9.98. The van der Waals surface area contributed by atoms with Crippen LogP contribution in [0, 0.1) is 0 Å². The summed E-state index contributed by atoms with van der Waals surface area (Å²) in [6.07, 6.45) is -3.03. The van der Waals surface area contributed by atoms with E-state index in [1.165, 1.54) is 6.07 Å². The van der Waals surface area contributed by atoms with Gasteiger partial charge in [0.25, 0.3) is 5.91 Å². The maximum Gasteiger partial charge on any atom is 0.416 e. The minimum atomic E-state index is -4.46. The van der Waals surface area contributed by atoms with Gasteiger partial charge in [0.15, 0.2) is 0 Å². The van der Waals surface area contributed by atoms with E-state index in [1.807, 2.05) is 6.92 Å². The Hall–Kier alpha value is -3.82. The van der Waals surface area contributed by atoms with Crippen LogP contribution in [0.3, 0.4) is 0 Å². The highest BCUT2D eigenvalue weighted by Gasteiger charge is 2.30. The Labute approximate surface area is 194 Å². The summed E-state index contributed by atoms with van der Waals surface area (Å²) in [6.45, 7) is 3.28. The summed E-state index contributed by atoms with van der Waals surface area (Å²) >= 11 is 0. The molecule has 0 fully saturated rings. The average molecular weight is 471 g/mol. The van der Waals surface area contributed by atoms with Crippen LogP contribution in [-0.2, 0) is 6.18 Å². The lowest BCUT2D eigenvalue weighted by Gasteiger charge is -2.13. The van der Waals surface area contributed by atoms with Crippen molar-refractivity contribution in [2.75, 3.05) is 19.8 Å². The van der Waals surface area contributed by atoms with Crippen molar-refractivity contribution in [2.24, 2.45) is 5.10 Å². The Morgan fingerprint density at radius 3 is 2.76 bits per heavy atom. The average Bonchev–Trinajstić information content (AvgIpc) is 3.34. The fourth-order valence-electron chi connectivity index (χ4n) is 3.64. The number of hydrogen-bond donors (Lipinski definition) is 3. The molecule has 4 rings (SSSR count). The highest BCUT2D eigenvalue weighted by Crippen LogP contribution is 2.34. The molecule has 2 heterocycles. The lowest BCUT2D eigenvalue weighted by Crippen LogP contribution is -2.26. The number of fused-ring (bicyclic) bond motifs is 1. The molecule has 0 atom stereocenters. The Bertz CT molecular complexity index is 1230. The zero-order valence-electron chi connectivity index (χ0n) is 18.5. The lowest BCUT2D eigenvalue weighted by molar-refractivity contribution is -0.137. The zero-order chi connectivity index (χ0) is 24.1. The van der Waals surface area contributed by atoms with Crippen molar-refractivity contribution in [3.05, 3.63) is 59.7 Å². The van der Waals surface area contributed by atoms with Gasteiger partial charge in [-0.3, -0.25) is 10.2 Å². The van der Waals surface area contributed by atoms with Gasteiger partial charge in [-0.05, 0) is 43.7 Å². The number of hydrogen-bond acceptors (Lipinski definition) is 6. The summed E-state index contributed by atoms with van der Waals surface area (Å²) < 4.78 is 45.3. The van der Waals surface area contributed by atoms with Gasteiger partial charge in [-0.1, -0.05) is 12.1 Å². The molecule has 0 unspecified atom stereocenters. The molecule has 1 amide bonds. The smallest absolute Gasteiger partial charge is 0.416 e. The summed E-state index contributed by atoms with van der Waals surface area (Å²) in [5, 5.41) is 10.7. The number of aromatic nitrogens is 1. The second-order valence-corrected chi connectivity index (χ2v) is 7.68. The standard InChI is InChI=1S/C24H24F3N5O2/c1-2-34-21-13-19(15-5-3-6-17(11-15)24(25,26)27)31-20-12-16(8-9-18(20)21)23(33)28-10-4-7-22-29-14-30-32-22/h3,5-6,8-9,11-13,30H,2,4,7,10,14H2,1H3,(H,28,33)(H,29,32). The molecule has 0 bridgehead atoms. The van der Waals surface area contributed by atoms with Gasteiger partial charge in [-0.2, -0.15) is 18.3 Å². The maximum atomic E-state index is 13.2. The Morgan fingerprint density at radius 2 is 2.03 bits per heavy atom. The molecule has 10 heteroatoms. The number of pyridine rings is 1. The summed E-state index contributed by atoms with van der Waals surface area (Å²) in [4.78, 5) is 17.2. The number of alkyl halides is 3. The van der Waals surface area contributed by atoms with Crippen LogP contribution >= 0.6 is 0 Å². The predicted molar refractivity (Wildman–Crippen MR) is 123 cm³/mol. The molecule has 1 aliphatic rings. The van der Waals surface area contributed by atoms with Crippen molar-refractivity contribution in [1.82, 2.24) is 21.0 Å². The van der Waals surface area contributed by atoms with Crippen LogP contribution in [0.25, 0.3) is 22.2 Å². The van der Waals surface area contributed by atoms with Crippen molar-refractivity contribution in [3.63, 3.8) is 0 Å². The number of hydrazone groups is 1. The molecule has 0 saturated carbocycles. The molecule has 0 radical (unpaired) electrons. The van der Waals surface area contributed by atoms with Crippen LogP contribution in [0.1, 0.15) is 35.7 Å². The van der Waals surface area contributed by atoms with Crippen molar-refractivity contribution in [2.45, 2.75) is 25.9 Å². The predicted octanol–water partition coefficient (Wildman–Crippen LogP) is 4.29. The Kier molecular flexibility index (Phi) is 6.85. The normalized spacial score (nSPS) is 13.2. The summed E-state index contributed by atoms with van der Waals surface area (Å²) in [6, 6.07) is 11.6. The van der Waals surface area contributed by atoms with E-state index in [1.54, 1.807) is 30.3 Å². The van der Waals surface area contributed by atoms with Gasteiger partial charge in [0.2, 0.25) is 0 Å². The van der Waals surface area contributed by atoms with Crippen molar-refractivity contribution in [3.8, 4) is 17.0 Å². The first-order valence-electron chi connectivity index (χ1n) is 10.9. The number of halogens is 3. The number of carbonyl (C=O) groups excluding carboxylic acids is 1. The summed E-state index contributed by atoms with van der Waals surface area (Å²) in [5.74, 6) is 1.09. The molecule has 3 N–H and O–H groups in total. The molecule has 7 nitrogen and oxygen atoms in total. The third kappa shape index (κ3) is 5.38. The van der Waals surface area contributed by atoms with Gasteiger partial charge >= 0.3 is 6.18 Å². The van der Waals surface area contributed by atoms with Crippen LogP contribution < -0.4 is 20.8 Å². The van der Waals surface area contributed by atoms with Crippen LogP contribution in [0.5, 0.6) is 5.75 Å². The number of ether oxygens (including phenoxy) is 1. The van der Waals surface area contributed by atoms with E-state index in [0.29, 0.717) is 59.7 Å². The quantitative estimate of drug-likeness (QED) is 0.427. The van der Waals surface area contributed by atoms with E-state index in [-0.39, 0.29) is 5.91 Å². The molecule has 1 aromatic heterocycles. The number of amides is 1. The SMILES string of the molecule is CCOc1cc(-c2cccc(C(F)(F)F)c2)nc2cc(C(=O)NCCCC3=NNCN3)ccc12. The molecule has 0 saturated heterocycles. The molecule has 1 aliphatic heterocycles. The van der Waals surface area contributed by atoms with Crippen molar-refractivity contribution < 1.29 is 22.7 Å². The first-order valence-corrected chi connectivity index (χ1v) is 10.9. The molecule has 3 aromatic rings. The lowest BCUT2D eigenvalue weighted by atomic mass is 10.0. The van der Waals surface area contributed by atoms with Gasteiger partial charge in [-0.15, -0.1) is 0 Å². The Balaban J connectivity index is 1.59. The maximum absolute atomic E-state index is 13.2. The van der Waals surface area contributed by atoms with E-state index in [9.17, 15) is 18.0 Å². The van der Waals surface area contributed by atoms with Gasteiger partial charge in [0.1, 0.15) is 18.3 Å². The minimum Gasteiger partial charge on any atom is -0.493 e. The first-order chi connectivity index (χ1) is 16.3. The van der Waals surface area contributed by atoms with E-state index in [2.05, 4.69) is 26.1 Å². The third-order valence-electron chi connectivity index (χ3n) is 5.28. The second-order valence-electron chi connectivity index (χ2n) is 7.68. The number of amidine groups is 1. The monoisotopic (exact) mass is 471 g/mol. The number of carbonyl (C=O) groups is 1. The van der Waals surface area contributed by atoms with Crippen LogP contribution in [0.4, 0.5) is 13.2 Å². The fourth-order valence-corrected chi connectivity index (χ4v) is 3.64. The number of nitrogens with one attached hydrogen (secondary N) is 3. The van der Waals surface area contributed by atoms with E-state index < -0.39 is 11.7 Å². The highest BCUT2D eigenvalue weighted by atomic mass is 19.4. The van der Waals surface area contributed by atoms with Gasteiger partial charge < -0.3 is 15.4 Å². The largest absolute Gasteiger partial charge is 0.493 e. The molecular formula is C24H24F3N5O2. The molecular weight excluding hydrogens is 447 g/mol. The van der Waals surface area contributed by atoms with Crippen LogP contribution in [-0.4, -0.2) is 36.5 Å².